The molecule has 2 nitrogen and oxygen atoms in total. The highest BCUT2D eigenvalue weighted by Gasteiger charge is 2.59. The Morgan fingerprint density at radius 2 is 2.29 bits per heavy atom. The van der Waals surface area contributed by atoms with Crippen LogP contribution in [0.4, 0.5) is 0 Å². The van der Waals surface area contributed by atoms with Gasteiger partial charge in [-0.25, -0.2) is 0 Å². The summed E-state index contributed by atoms with van der Waals surface area (Å²) in [7, 11) is 0. The lowest BCUT2D eigenvalue weighted by molar-refractivity contribution is -0.134. The molecule has 1 saturated heterocycles. The lowest BCUT2D eigenvalue weighted by Gasteiger charge is -2.39. The maximum absolute atomic E-state index is 8.70. The van der Waals surface area contributed by atoms with Crippen molar-refractivity contribution in [3.63, 3.8) is 0 Å². The van der Waals surface area contributed by atoms with Crippen molar-refractivity contribution >= 4 is 0 Å². The highest BCUT2D eigenvalue weighted by atomic mass is 16.5. The second-order valence-corrected chi connectivity index (χ2v) is 5.20. The molecule has 0 aromatic heterocycles. The minimum absolute atomic E-state index is 0.227. The molecule has 0 amide bonds. The molecule has 3 aliphatic rings. The Morgan fingerprint density at radius 1 is 1.36 bits per heavy atom. The third-order valence-corrected chi connectivity index (χ3v) is 4.38. The molecular weight excluding hydrogens is 174 g/mol. The molecule has 4 atom stereocenters. The van der Waals surface area contributed by atoms with Gasteiger partial charge in [-0.05, 0) is 50.4 Å². The Balaban J connectivity index is 1.72. The van der Waals surface area contributed by atoms with Gasteiger partial charge in [-0.2, -0.15) is 5.26 Å². The number of rotatable bonds is 1. The molecule has 1 heterocycles. The van der Waals surface area contributed by atoms with Crippen LogP contribution in [0.25, 0.3) is 0 Å². The van der Waals surface area contributed by atoms with Gasteiger partial charge in [0.1, 0.15) is 0 Å². The third-order valence-electron chi connectivity index (χ3n) is 4.38. The second-order valence-electron chi connectivity index (χ2n) is 5.20. The summed E-state index contributed by atoms with van der Waals surface area (Å²) in [6, 6.07) is 2.25. The van der Waals surface area contributed by atoms with Crippen molar-refractivity contribution in [2.75, 3.05) is 0 Å². The van der Waals surface area contributed by atoms with Crippen molar-refractivity contribution in [1.29, 1.82) is 5.26 Å². The molecule has 2 aliphatic carbocycles. The summed E-state index contributed by atoms with van der Waals surface area (Å²) in [5, 5.41) is 8.70. The van der Waals surface area contributed by atoms with Gasteiger partial charge < -0.3 is 4.74 Å². The number of nitriles is 1. The van der Waals surface area contributed by atoms with Crippen LogP contribution in [0.15, 0.2) is 0 Å². The highest BCUT2D eigenvalue weighted by molar-refractivity contribution is 5.10. The standard InChI is InChI=1S/C12H17NO/c13-7-4-10-2-1-5-12(14-10)6-3-9-8-11(9)12/h9-11H,1-6,8H2. The van der Waals surface area contributed by atoms with Gasteiger partial charge in [-0.15, -0.1) is 0 Å². The van der Waals surface area contributed by atoms with Crippen LogP contribution in [0.5, 0.6) is 0 Å². The molecule has 0 N–H and O–H groups in total. The highest BCUT2D eigenvalue weighted by Crippen LogP contribution is 2.62. The molecular formula is C12H17NO. The van der Waals surface area contributed by atoms with E-state index >= 15 is 0 Å². The number of fused-ring (bicyclic) bond motifs is 2. The molecule has 0 aromatic rings. The number of nitrogens with zero attached hydrogens (tertiary/aromatic N) is 1. The monoisotopic (exact) mass is 191 g/mol. The second kappa shape index (κ2) is 2.97. The van der Waals surface area contributed by atoms with Crippen LogP contribution in [-0.4, -0.2) is 11.7 Å². The third kappa shape index (κ3) is 1.19. The zero-order chi connectivity index (χ0) is 9.60. The van der Waals surface area contributed by atoms with Crippen LogP contribution >= 0.6 is 0 Å². The van der Waals surface area contributed by atoms with Crippen molar-refractivity contribution in [2.45, 2.75) is 56.7 Å². The summed E-state index contributed by atoms with van der Waals surface area (Å²) in [5.41, 5.74) is 0.227. The molecule has 0 bridgehead atoms. The van der Waals surface area contributed by atoms with E-state index in [0.29, 0.717) is 6.42 Å². The first-order valence-electron chi connectivity index (χ1n) is 5.89. The maximum Gasteiger partial charge on any atom is 0.0717 e. The van der Waals surface area contributed by atoms with Gasteiger partial charge in [0.2, 0.25) is 0 Å². The van der Waals surface area contributed by atoms with Gasteiger partial charge in [0.25, 0.3) is 0 Å². The first-order valence-corrected chi connectivity index (χ1v) is 5.89. The van der Waals surface area contributed by atoms with Crippen LogP contribution in [0.2, 0.25) is 0 Å². The smallest absolute Gasteiger partial charge is 0.0717 e. The lowest BCUT2D eigenvalue weighted by atomic mass is 9.86. The molecule has 2 saturated carbocycles. The SMILES string of the molecule is N#CCC1CCCC2(CCC3CC32)O1. The van der Waals surface area contributed by atoms with Gasteiger partial charge >= 0.3 is 0 Å². The van der Waals surface area contributed by atoms with Crippen LogP contribution in [0.3, 0.4) is 0 Å². The minimum atomic E-state index is 0.227. The molecule has 0 aromatic carbocycles. The summed E-state index contributed by atoms with van der Waals surface area (Å²) in [6.07, 6.45) is 8.53. The van der Waals surface area contributed by atoms with Gasteiger partial charge in [0.05, 0.1) is 24.2 Å². The predicted molar refractivity (Wildman–Crippen MR) is 52.5 cm³/mol. The van der Waals surface area contributed by atoms with E-state index in [2.05, 4.69) is 6.07 Å². The van der Waals surface area contributed by atoms with E-state index in [4.69, 9.17) is 10.00 Å². The van der Waals surface area contributed by atoms with Crippen LogP contribution < -0.4 is 0 Å². The number of hydrogen-bond acceptors (Lipinski definition) is 2. The Kier molecular flexibility index (Phi) is 1.85. The topological polar surface area (TPSA) is 33.0 Å². The average molecular weight is 191 g/mol. The van der Waals surface area contributed by atoms with Crippen LogP contribution in [0.1, 0.15) is 44.9 Å². The van der Waals surface area contributed by atoms with Crippen LogP contribution in [-0.2, 0) is 4.74 Å². The van der Waals surface area contributed by atoms with Gasteiger partial charge in [0, 0.05) is 0 Å². The molecule has 76 valence electrons. The van der Waals surface area contributed by atoms with E-state index in [1.165, 1.54) is 32.1 Å². The van der Waals surface area contributed by atoms with Crippen LogP contribution in [0, 0.1) is 23.2 Å². The summed E-state index contributed by atoms with van der Waals surface area (Å²) in [5.74, 6) is 1.85. The lowest BCUT2D eigenvalue weighted by Crippen LogP contribution is -2.40. The minimum Gasteiger partial charge on any atom is -0.370 e. The van der Waals surface area contributed by atoms with Crippen molar-refractivity contribution < 1.29 is 4.74 Å². The van der Waals surface area contributed by atoms with Gasteiger partial charge in [-0.1, -0.05) is 0 Å². The summed E-state index contributed by atoms with van der Waals surface area (Å²) in [4.78, 5) is 0. The van der Waals surface area contributed by atoms with E-state index < -0.39 is 0 Å². The van der Waals surface area contributed by atoms with Gasteiger partial charge in [-0.3, -0.25) is 0 Å². The molecule has 4 unspecified atom stereocenters. The zero-order valence-corrected chi connectivity index (χ0v) is 8.54. The fourth-order valence-electron chi connectivity index (χ4n) is 3.61. The van der Waals surface area contributed by atoms with Crippen molar-refractivity contribution in [2.24, 2.45) is 11.8 Å². The Hall–Kier alpha value is -0.550. The van der Waals surface area contributed by atoms with E-state index in [1.807, 2.05) is 0 Å². The first-order chi connectivity index (χ1) is 6.84. The normalized spacial score (nSPS) is 50.1. The number of hydrogen-bond donors (Lipinski definition) is 0. The molecule has 2 heteroatoms. The summed E-state index contributed by atoms with van der Waals surface area (Å²) >= 11 is 0. The Bertz CT molecular complexity index is 283. The van der Waals surface area contributed by atoms with Crippen molar-refractivity contribution in [3.05, 3.63) is 0 Å². The van der Waals surface area contributed by atoms with E-state index in [0.717, 1.165) is 18.3 Å². The summed E-state index contributed by atoms with van der Waals surface area (Å²) < 4.78 is 6.21. The predicted octanol–water partition coefficient (Wildman–Crippen LogP) is 2.64. The number of ether oxygens (including phenoxy) is 1. The molecule has 1 spiro atoms. The molecule has 3 rings (SSSR count). The zero-order valence-electron chi connectivity index (χ0n) is 8.54. The first kappa shape index (κ1) is 8.73. The Labute approximate surface area is 85.2 Å². The Morgan fingerprint density at radius 3 is 2.93 bits per heavy atom. The molecule has 1 aliphatic heterocycles. The van der Waals surface area contributed by atoms with E-state index in [1.54, 1.807) is 0 Å². The fraction of sp³-hybridized carbons (Fsp3) is 0.917. The van der Waals surface area contributed by atoms with Crippen molar-refractivity contribution in [3.8, 4) is 6.07 Å². The summed E-state index contributed by atoms with van der Waals surface area (Å²) in [6.45, 7) is 0. The van der Waals surface area contributed by atoms with E-state index in [-0.39, 0.29) is 11.7 Å². The maximum atomic E-state index is 8.70. The molecule has 3 fully saturated rings. The van der Waals surface area contributed by atoms with E-state index in [9.17, 15) is 0 Å². The average Bonchev–Trinajstić information content (AvgIpc) is 2.90. The van der Waals surface area contributed by atoms with Crippen molar-refractivity contribution in [1.82, 2.24) is 0 Å². The molecule has 14 heavy (non-hydrogen) atoms. The quantitative estimate of drug-likeness (QED) is 0.638. The fourth-order valence-corrected chi connectivity index (χ4v) is 3.61. The molecule has 0 radical (unpaired) electrons. The largest absolute Gasteiger partial charge is 0.370 e. The van der Waals surface area contributed by atoms with Gasteiger partial charge in [0.15, 0.2) is 0 Å².